The first-order chi connectivity index (χ1) is 17.0. The predicted molar refractivity (Wildman–Crippen MR) is 120 cm³/mol. The Bertz CT molecular complexity index is 987. The van der Waals surface area contributed by atoms with Crippen LogP contribution in [0, 0.1) is 0 Å². The van der Waals surface area contributed by atoms with Crippen molar-refractivity contribution in [3.05, 3.63) is 23.8 Å². The van der Waals surface area contributed by atoms with Crippen LogP contribution in [0.15, 0.2) is 18.2 Å². The standard InChI is InChI=1S/C24H30O12/c1-7-17(29)16-8-9-18(19(10-16)30-6)35-24-23(34-15(5)28)22(33-14(4)27)21(32-13(3)26)20(36-24)11-31-12(2)25/h8-10,20-24H,7,11H2,1-6H3/t20-,21+,22+,23-,24+/m0/s1. The van der Waals surface area contributed by atoms with Gasteiger partial charge in [-0.15, -0.1) is 0 Å². The fourth-order valence-electron chi connectivity index (χ4n) is 3.55. The lowest BCUT2D eigenvalue weighted by Gasteiger charge is -2.44. The number of carbonyl (C=O) groups excluding carboxylic acids is 5. The maximum atomic E-state index is 12.1. The highest BCUT2D eigenvalue weighted by molar-refractivity contribution is 5.96. The zero-order chi connectivity index (χ0) is 27.0. The van der Waals surface area contributed by atoms with E-state index < -0.39 is 61.2 Å². The van der Waals surface area contributed by atoms with Crippen molar-refractivity contribution in [3.8, 4) is 11.5 Å². The molecular formula is C24H30O12. The van der Waals surface area contributed by atoms with Gasteiger partial charge in [0, 0.05) is 39.7 Å². The molecule has 1 aromatic rings. The Morgan fingerprint density at radius 3 is 1.92 bits per heavy atom. The molecule has 1 aliphatic heterocycles. The summed E-state index contributed by atoms with van der Waals surface area (Å²) in [5.74, 6) is -2.72. The number of ether oxygens (including phenoxy) is 7. The lowest BCUT2D eigenvalue weighted by Crippen LogP contribution is -2.63. The summed E-state index contributed by atoms with van der Waals surface area (Å²) in [6.07, 6.45) is -6.38. The van der Waals surface area contributed by atoms with Gasteiger partial charge in [0.05, 0.1) is 7.11 Å². The summed E-state index contributed by atoms with van der Waals surface area (Å²) in [5, 5.41) is 0. The van der Waals surface area contributed by atoms with Crippen LogP contribution in [0.5, 0.6) is 11.5 Å². The first kappa shape index (κ1) is 28.6. The van der Waals surface area contributed by atoms with Crippen LogP contribution < -0.4 is 9.47 Å². The van der Waals surface area contributed by atoms with Crippen LogP contribution in [0.3, 0.4) is 0 Å². The molecule has 198 valence electrons. The van der Waals surface area contributed by atoms with E-state index >= 15 is 0 Å². The maximum Gasteiger partial charge on any atom is 0.303 e. The van der Waals surface area contributed by atoms with Gasteiger partial charge < -0.3 is 33.2 Å². The van der Waals surface area contributed by atoms with E-state index in [0.29, 0.717) is 5.56 Å². The summed E-state index contributed by atoms with van der Waals surface area (Å²) in [6.45, 7) is 5.87. The summed E-state index contributed by atoms with van der Waals surface area (Å²) in [4.78, 5) is 59.2. The molecule has 1 aliphatic rings. The maximum absolute atomic E-state index is 12.1. The van der Waals surface area contributed by atoms with Gasteiger partial charge >= 0.3 is 23.9 Å². The summed E-state index contributed by atoms with van der Waals surface area (Å²) in [7, 11) is 1.37. The van der Waals surface area contributed by atoms with Crippen molar-refractivity contribution in [1.29, 1.82) is 0 Å². The number of hydrogen-bond acceptors (Lipinski definition) is 12. The van der Waals surface area contributed by atoms with Crippen molar-refractivity contribution >= 4 is 29.7 Å². The number of ketones is 1. The van der Waals surface area contributed by atoms with Crippen LogP contribution >= 0.6 is 0 Å². The SMILES string of the molecule is CCC(=O)c1ccc(O[C@@H]2O[C@@H](COC(C)=O)[C@@H](OC(C)=O)[C@@H](OC(C)=O)[C@@H]2OC(C)=O)c(OC)c1. The van der Waals surface area contributed by atoms with Crippen molar-refractivity contribution in [3.63, 3.8) is 0 Å². The van der Waals surface area contributed by atoms with E-state index in [2.05, 4.69) is 0 Å². The Morgan fingerprint density at radius 2 is 1.39 bits per heavy atom. The van der Waals surface area contributed by atoms with Crippen LogP contribution in [0.4, 0.5) is 0 Å². The van der Waals surface area contributed by atoms with E-state index in [-0.39, 0.29) is 23.7 Å². The highest BCUT2D eigenvalue weighted by Gasteiger charge is 2.53. The number of hydrogen-bond donors (Lipinski definition) is 0. The molecule has 0 aliphatic carbocycles. The first-order valence-corrected chi connectivity index (χ1v) is 11.1. The summed E-state index contributed by atoms with van der Waals surface area (Å²) < 4.78 is 38.3. The Morgan fingerprint density at radius 1 is 0.806 bits per heavy atom. The monoisotopic (exact) mass is 510 g/mol. The Labute approximate surface area is 208 Å². The first-order valence-electron chi connectivity index (χ1n) is 11.1. The van der Waals surface area contributed by atoms with Gasteiger partial charge in [0.1, 0.15) is 12.7 Å². The van der Waals surface area contributed by atoms with Crippen LogP contribution in [0.25, 0.3) is 0 Å². The van der Waals surface area contributed by atoms with E-state index in [4.69, 9.17) is 33.2 Å². The molecule has 12 heteroatoms. The highest BCUT2D eigenvalue weighted by Crippen LogP contribution is 2.35. The fourth-order valence-corrected chi connectivity index (χ4v) is 3.55. The lowest BCUT2D eigenvalue weighted by atomic mass is 9.98. The minimum absolute atomic E-state index is 0.117. The molecule has 0 radical (unpaired) electrons. The smallest absolute Gasteiger partial charge is 0.303 e. The molecule has 0 unspecified atom stereocenters. The number of benzene rings is 1. The van der Waals surface area contributed by atoms with Gasteiger partial charge in [-0.25, -0.2) is 0 Å². The average molecular weight is 510 g/mol. The van der Waals surface area contributed by atoms with Gasteiger partial charge in [-0.1, -0.05) is 6.92 Å². The molecule has 12 nitrogen and oxygen atoms in total. The van der Waals surface area contributed by atoms with E-state index in [0.717, 1.165) is 20.8 Å². The molecule has 2 rings (SSSR count). The second kappa shape index (κ2) is 12.9. The van der Waals surface area contributed by atoms with E-state index in [1.807, 2.05) is 0 Å². The normalized spacial score (nSPS) is 23.1. The number of carbonyl (C=O) groups is 5. The van der Waals surface area contributed by atoms with Gasteiger partial charge in [0.15, 0.2) is 29.5 Å². The summed E-state index contributed by atoms with van der Waals surface area (Å²) in [5.41, 5.74) is 0.392. The van der Waals surface area contributed by atoms with Crippen LogP contribution in [0.1, 0.15) is 51.4 Å². The van der Waals surface area contributed by atoms with Crippen LogP contribution in [-0.4, -0.2) is 74.1 Å². The summed E-state index contributed by atoms with van der Waals surface area (Å²) >= 11 is 0. The van der Waals surface area contributed by atoms with E-state index in [9.17, 15) is 24.0 Å². The number of Topliss-reactive ketones (excluding diaryl/α,β-unsaturated/α-hetero) is 1. The van der Waals surface area contributed by atoms with E-state index in [1.165, 1.54) is 32.2 Å². The minimum Gasteiger partial charge on any atom is -0.493 e. The fraction of sp³-hybridized carbons (Fsp3) is 0.542. The largest absolute Gasteiger partial charge is 0.493 e. The number of rotatable bonds is 10. The molecule has 1 saturated heterocycles. The third kappa shape index (κ3) is 7.67. The molecule has 1 aromatic carbocycles. The second-order valence-electron chi connectivity index (χ2n) is 7.83. The van der Waals surface area contributed by atoms with Crippen LogP contribution in [0.2, 0.25) is 0 Å². The Hall–Kier alpha value is -3.67. The van der Waals surface area contributed by atoms with Crippen molar-refractivity contribution in [1.82, 2.24) is 0 Å². The molecule has 1 fully saturated rings. The molecule has 0 saturated carbocycles. The average Bonchev–Trinajstić information content (AvgIpc) is 2.80. The van der Waals surface area contributed by atoms with Gasteiger partial charge in [0.2, 0.25) is 12.4 Å². The molecular weight excluding hydrogens is 480 g/mol. The molecule has 1 heterocycles. The zero-order valence-corrected chi connectivity index (χ0v) is 20.9. The molecule has 0 N–H and O–H groups in total. The quantitative estimate of drug-likeness (QED) is 0.256. The van der Waals surface area contributed by atoms with Crippen molar-refractivity contribution < 1.29 is 57.1 Å². The third-order valence-corrected chi connectivity index (χ3v) is 5.00. The van der Waals surface area contributed by atoms with Crippen molar-refractivity contribution in [2.24, 2.45) is 0 Å². The third-order valence-electron chi connectivity index (χ3n) is 5.00. The number of esters is 4. The zero-order valence-electron chi connectivity index (χ0n) is 20.9. The Kier molecular flexibility index (Phi) is 10.2. The Balaban J connectivity index is 2.52. The predicted octanol–water partition coefficient (Wildman–Crippen LogP) is 1.75. The minimum atomic E-state index is -1.42. The van der Waals surface area contributed by atoms with Gasteiger partial charge in [-0.2, -0.15) is 0 Å². The highest BCUT2D eigenvalue weighted by atomic mass is 16.7. The van der Waals surface area contributed by atoms with E-state index in [1.54, 1.807) is 6.92 Å². The molecule has 0 bridgehead atoms. The molecule has 0 spiro atoms. The van der Waals surface area contributed by atoms with Gasteiger partial charge in [-0.3, -0.25) is 24.0 Å². The van der Waals surface area contributed by atoms with Crippen molar-refractivity contribution in [2.75, 3.05) is 13.7 Å². The molecule has 0 amide bonds. The number of methoxy groups -OCH3 is 1. The lowest BCUT2D eigenvalue weighted by molar-refractivity contribution is -0.288. The topological polar surface area (TPSA) is 150 Å². The van der Waals surface area contributed by atoms with Crippen LogP contribution in [-0.2, 0) is 42.9 Å². The van der Waals surface area contributed by atoms with Gasteiger partial charge in [-0.05, 0) is 18.2 Å². The molecule has 36 heavy (non-hydrogen) atoms. The molecule has 0 aromatic heterocycles. The molecule has 5 atom stereocenters. The van der Waals surface area contributed by atoms with Gasteiger partial charge in [0.25, 0.3) is 0 Å². The van der Waals surface area contributed by atoms with Crippen molar-refractivity contribution in [2.45, 2.75) is 71.7 Å². The summed E-state index contributed by atoms with van der Waals surface area (Å²) in [6, 6.07) is 4.47. The second-order valence-corrected chi connectivity index (χ2v) is 7.83.